The predicted octanol–water partition coefficient (Wildman–Crippen LogP) is 2.59. The van der Waals surface area contributed by atoms with Crippen molar-refractivity contribution in [1.29, 1.82) is 0 Å². The largest absolute Gasteiger partial charge is 0.370 e. The number of amides is 3. The SMILES string of the molecule is CC(C)C[C@@H]1NC(=O)[C@@H](C)CCCCCC(=O)CC(C(=O)N[C@@H](CCCN=C(N)N)C(=O)c2nc3ccccc3s2)NC1=O. The van der Waals surface area contributed by atoms with E-state index < -0.39 is 29.9 Å². The van der Waals surface area contributed by atoms with Gasteiger partial charge in [-0.2, -0.15) is 0 Å². The van der Waals surface area contributed by atoms with Crippen molar-refractivity contribution in [3.8, 4) is 0 Å². The summed E-state index contributed by atoms with van der Waals surface area (Å²) in [5.41, 5.74) is 11.5. The second kappa shape index (κ2) is 16.8. The molecule has 1 fully saturated rings. The summed E-state index contributed by atoms with van der Waals surface area (Å²) >= 11 is 1.22. The number of aliphatic imine (C=N–C) groups is 1. The number of hydrogen-bond donors (Lipinski definition) is 5. The van der Waals surface area contributed by atoms with Crippen LogP contribution in [0, 0.1) is 11.8 Å². The van der Waals surface area contributed by atoms with Crippen LogP contribution in [0.2, 0.25) is 0 Å². The number of benzene rings is 1. The Morgan fingerprint density at radius 3 is 2.55 bits per heavy atom. The zero-order chi connectivity index (χ0) is 32.2. The van der Waals surface area contributed by atoms with Crippen molar-refractivity contribution in [2.24, 2.45) is 28.3 Å². The lowest BCUT2D eigenvalue weighted by molar-refractivity contribution is -0.134. The molecule has 1 aromatic heterocycles. The Balaban J connectivity index is 1.86. The third kappa shape index (κ3) is 10.7. The Kier molecular flexibility index (Phi) is 13.2. The van der Waals surface area contributed by atoms with E-state index in [1.54, 1.807) is 6.07 Å². The van der Waals surface area contributed by atoms with Crippen LogP contribution in [0.15, 0.2) is 29.3 Å². The first-order chi connectivity index (χ1) is 20.9. The molecule has 0 saturated carbocycles. The fraction of sp³-hybridized carbons (Fsp3) is 0.581. The van der Waals surface area contributed by atoms with Gasteiger partial charge < -0.3 is 27.4 Å². The number of carbonyl (C=O) groups is 5. The average Bonchev–Trinajstić information content (AvgIpc) is 3.40. The van der Waals surface area contributed by atoms with Crippen LogP contribution in [-0.4, -0.2) is 64.9 Å². The zero-order valence-corrected chi connectivity index (χ0v) is 26.6. The van der Waals surface area contributed by atoms with E-state index in [0.29, 0.717) is 31.2 Å². The van der Waals surface area contributed by atoms with Crippen LogP contribution >= 0.6 is 11.3 Å². The number of hydrogen-bond acceptors (Lipinski definition) is 8. The molecule has 1 aliphatic rings. The van der Waals surface area contributed by atoms with E-state index >= 15 is 0 Å². The van der Waals surface area contributed by atoms with E-state index in [9.17, 15) is 24.0 Å². The third-order valence-corrected chi connectivity index (χ3v) is 8.58. The summed E-state index contributed by atoms with van der Waals surface area (Å²) in [6, 6.07) is 4.24. The molecule has 12 nitrogen and oxygen atoms in total. The maximum Gasteiger partial charge on any atom is 0.243 e. The second-order valence-corrected chi connectivity index (χ2v) is 12.9. The van der Waals surface area contributed by atoms with Gasteiger partial charge in [0.15, 0.2) is 11.0 Å². The van der Waals surface area contributed by atoms with Crippen LogP contribution in [-0.2, 0) is 19.2 Å². The van der Waals surface area contributed by atoms with Gasteiger partial charge in [0.2, 0.25) is 23.5 Å². The molecule has 4 atom stereocenters. The number of nitrogens with one attached hydrogen (secondary N) is 3. The lowest BCUT2D eigenvalue weighted by Gasteiger charge is -2.26. The summed E-state index contributed by atoms with van der Waals surface area (Å²) in [7, 11) is 0. The van der Waals surface area contributed by atoms with Crippen molar-refractivity contribution in [1.82, 2.24) is 20.9 Å². The van der Waals surface area contributed by atoms with Gasteiger partial charge in [-0.1, -0.05) is 45.7 Å². The normalized spacial score (nSPS) is 21.2. The Hall–Kier alpha value is -3.87. The van der Waals surface area contributed by atoms with Crippen LogP contribution in [0.5, 0.6) is 0 Å². The molecule has 3 rings (SSSR count). The van der Waals surface area contributed by atoms with Gasteiger partial charge in [0.1, 0.15) is 17.9 Å². The molecule has 240 valence electrons. The van der Waals surface area contributed by atoms with E-state index in [2.05, 4.69) is 25.9 Å². The van der Waals surface area contributed by atoms with Crippen molar-refractivity contribution < 1.29 is 24.0 Å². The van der Waals surface area contributed by atoms with Crippen molar-refractivity contribution in [3.05, 3.63) is 29.3 Å². The maximum atomic E-state index is 13.7. The van der Waals surface area contributed by atoms with Crippen molar-refractivity contribution >= 4 is 56.8 Å². The highest BCUT2D eigenvalue weighted by atomic mass is 32.1. The molecular weight excluding hydrogens is 582 g/mol. The smallest absolute Gasteiger partial charge is 0.243 e. The lowest BCUT2D eigenvalue weighted by Crippen LogP contribution is -2.56. The molecule has 7 N–H and O–H groups in total. The molecule has 0 bridgehead atoms. The molecule has 0 radical (unpaired) electrons. The number of Topliss-reactive ketones (excluding diaryl/α,β-unsaturated/α-hetero) is 2. The Morgan fingerprint density at radius 1 is 1.09 bits per heavy atom. The lowest BCUT2D eigenvalue weighted by atomic mass is 9.96. The first kappa shape index (κ1) is 34.6. The standard InChI is InChI=1S/C31H45N7O5S/c1-18(2)16-23-28(42)37-24(17-20(39)11-6-4-5-10-19(3)27(41)36-23)29(43)35-22(13-9-15-34-31(32)33)26(40)30-38-21-12-7-8-14-25(21)44-30/h7-8,12,14,18-19,22-24H,4-6,9-11,13,15-17H2,1-3H3,(H,35,43)(H,36,41)(H,37,42)(H4,32,33,34)/t19-,22-,23-,24?/m0/s1. The number of carbonyl (C=O) groups excluding carboxylic acids is 5. The Bertz CT molecular complexity index is 1320. The molecule has 2 heterocycles. The number of aromatic nitrogens is 1. The summed E-state index contributed by atoms with van der Waals surface area (Å²) in [6.45, 7) is 5.93. The highest BCUT2D eigenvalue weighted by molar-refractivity contribution is 7.20. The topological polar surface area (TPSA) is 199 Å². The summed E-state index contributed by atoms with van der Waals surface area (Å²) in [5, 5.41) is 8.57. The molecule has 1 unspecified atom stereocenters. The van der Waals surface area contributed by atoms with Crippen molar-refractivity contribution in [2.75, 3.05) is 6.54 Å². The van der Waals surface area contributed by atoms with Crippen LogP contribution in [0.1, 0.15) is 88.4 Å². The van der Waals surface area contributed by atoms with Gasteiger partial charge in [-0.25, -0.2) is 4.98 Å². The maximum absolute atomic E-state index is 13.7. The number of ketones is 2. The average molecular weight is 628 g/mol. The van der Waals surface area contributed by atoms with E-state index in [-0.39, 0.29) is 66.1 Å². The molecule has 1 saturated heterocycles. The monoisotopic (exact) mass is 627 g/mol. The predicted molar refractivity (Wildman–Crippen MR) is 171 cm³/mol. The molecule has 0 spiro atoms. The van der Waals surface area contributed by atoms with Crippen molar-refractivity contribution in [3.63, 3.8) is 0 Å². The quantitative estimate of drug-likeness (QED) is 0.115. The van der Waals surface area contributed by atoms with Gasteiger partial charge in [0.25, 0.3) is 0 Å². The molecule has 44 heavy (non-hydrogen) atoms. The van der Waals surface area contributed by atoms with E-state index in [4.69, 9.17) is 11.5 Å². The van der Waals surface area contributed by atoms with Gasteiger partial charge in [-0.05, 0) is 50.2 Å². The summed E-state index contributed by atoms with van der Waals surface area (Å²) < 4.78 is 0.831. The summed E-state index contributed by atoms with van der Waals surface area (Å²) in [4.78, 5) is 75.1. The molecule has 13 heteroatoms. The molecule has 1 aliphatic heterocycles. The Labute approximate surface area is 262 Å². The minimum Gasteiger partial charge on any atom is -0.370 e. The number of para-hydroxylation sites is 1. The minimum absolute atomic E-state index is 0.0789. The van der Waals surface area contributed by atoms with Gasteiger partial charge in [0, 0.05) is 25.3 Å². The summed E-state index contributed by atoms with van der Waals surface area (Å²) in [5.74, 6) is -2.28. The van der Waals surface area contributed by atoms with Crippen LogP contribution in [0.4, 0.5) is 0 Å². The number of rotatable bonds is 10. The number of nitrogens with two attached hydrogens (primary N) is 2. The Morgan fingerprint density at radius 2 is 1.84 bits per heavy atom. The van der Waals surface area contributed by atoms with E-state index in [1.165, 1.54) is 11.3 Å². The van der Waals surface area contributed by atoms with Gasteiger partial charge in [0.05, 0.1) is 16.3 Å². The van der Waals surface area contributed by atoms with Gasteiger partial charge in [-0.3, -0.25) is 29.0 Å². The van der Waals surface area contributed by atoms with Crippen LogP contribution in [0.3, 0.4) is 0 Å². The third-order valence-electron chi connectivity index (χ3n) is 7.53. The summed E-state index contributed by atoms with van der Waals surface area (Å²) in [6.07, 6.45) is 3.80. The van der Waals surface area contributed by atoms with E-state index in [1.807, 2.05) is 39.0 Å². The molecule has 2 aromatic rings. The second-order valence-electron chi connectivity index (χ2n) is 11.9. The minimum atomic E-state index is -1.23. The number of thiazole rings is 1. The number of nitrogens with zero attached hydrogens (tertiary/aromatic N) is 2. The van der Waals surface area contributed by atoms with Gasteiger partial charge in [-0.15, -0.1) is 11.3 Å². The molecular formula is C31H45N7O5S. The van der Waals surface area contributed by atoms with Crippen molar-refractivity contribution in [2.45, 2.75) is 96.7 Å². The highest BCUT2D eigenvalue weighted by Crippen LogP contribution is 2.23. The first-order valence-electron chi connectivity index (χ1n) is 15.3. The number of fused-ring (bicyclic) bond motifs is 1. The fourth-order valence-corrected chi connectivity index (χ4v) is 6.04. The van der Waals surface area contributed by atoms with Crippen LogP contribution in [0.25, 0.3) is 10.2 Å². The first-order valence-corrected chi connectivity index (χ1v) is 16.1. The fourth-order valence-electron chi connectivity index (χ4n) is 5.08. The molecule has 0 aliphatic carbocycles. The van der Waals surface area contributed by atoms with Gasteiger partial charge >= 0.3 is 0 Å². The molecule has 3 amide bonds. The van der Waals surface area contributed by atoms with Crippen LogP contribution < -0.4 is 27.4 Å². The zero-order valence-electron chi connectivity index (χ0n) is 25.8. The highest BCUT2D eigenvalue weighted by Gasteiger charge is 2.33. The van der Waals surface area contributed by atoms with E-state index in [0.717, 1.165) is 17.5 Å². The molecule has 1 aromatic carbocycles. The number of guanidine groups is 1.